The predicted octanol–water partition coefficient (Wildman–Crippen LogP) is 2.96. The van der Waals surface area contributed by atoms with Crippen molar-refractivity contribution in [2.75, 3.05) is 0 Å². The molecule has 0 saturated carbocycles. The van der Waals surface area contributed by atoms with Crippen LogP contribution in [-0.4, -0.2) is 14.7 Å². The Morgan fingerprint density at radius 2 is 2.24 bits per heavy atom. The maximum absolute atomic E-state index is 9.32. The van der Waals surface area contributed by atoms with Gasteiger partial charge in [0.25, 0.3) is 0 Å². The number of fused-ring (bicyclic) bond motifs is 1. The molecule has 0 bridgehead atoms. The highest BCUT2D eigenvalue weighted by Crippen LogP contribution is 2.20. The lowest BCUT2D eigenvalue weighted by atomic mass is 10.1. The van der Waals surface area contributed by atoms with Crippen LogP contribution in [0, 0.1) is 5.92 Å². The molecule has 0 radical (unpaired) electrons. The van der Waals surface area contributed by atoms with Gasteiger partial charge in [0.2, 0.25) is 0 Å². The molecule has 0 amide bonds. The van der Waals surface area contributed by atoms with Gasteiger partial charge in [-0.15, -0.1) is 0 Å². The van der Waals surface area contributed by atoms with Crippen molar-refractivity contribution in [3.63, 3.8) is 0 Å². The fraction of sp³-hybridized carbons (Fsp3) is 0.500. The van der Waals surface area contributed by atoms with Crippen LogP contribution < -0.4 is 0 Å². The van der Waals surface area contributed by atoms with Crippen LogP contribution in [0.1, 0.15) is 32.3 Å². The highest BCUT2D eigenvalue weighted by molar-refractivity contribution is 5.80. The molecule has 0 atom stereocenters. The Morgan fingerprint density at radius 3 is 2.94 bits per heavy atom. The number of pyridine rings is 1. The van der Waals surface area contributed by atoms with Crippen molar-refractivity contribution < 1.29 is 5.11 Å². The van der Waals surface area contributed by atoms with Gasteiger partial charge in [-0.3, -0.25) is 0 Å². The minimum absolute atomic E-state index is 0.0827. The van der Waals surface area contributed by atoms with Gasteiger partial charge in [-0.25, -0.2) is 4.98 Å². The molecule has 0 aliphatic rings. The molecule has 0 saturated heterocycles. The van der Waals surface area contributed by atoms with Crippen LogP contribution in [-0.2, 0) is 13.2 Å². The first-order valence-corrected chi connectivity index (χ1v) is 6.26. The number of aliphatic hydroxyl groups is 1. The summed E-state index contributed by atoms with van der Waals surface area (Å²) in [4.78, 5) is 4.40. The highest BCUT2D eigenvalue weighted by Gasteiger charge is 2.08. The average Bonchev–Trinajstić information content (AvgIpc) is 2.68. The fourth-order valence-electron chi connectivity index (χ4n) is 2.16. The number of aryl methyl sites for hydroxylation is 1. The van der Waals surface area contributed by atoms with E-state index >= 15 is 0 Å². The minimum atomic E-state index is 0.0827. The molecule has 2 rings (SSSR count). The molecule has 17 heavy (non-hydrogen) atoms. The molecule has 2 aromatic heterocycles. The normalized spacial score (nSPS) is 11.5. The van der Waals surface area contributed by atoms with Gasteiger partial charge in [-0.2, -0.15) is 0 Å². The Bertz CT molecular complexity index is 488. The van der Waals surface area contributed by atoms with E-state index in [1.807, 2.05) is 24.5 Å². The highest BCUT2D eigenvalue weighted by atomic mass is 16.3. The number of aromatic nitrogens is 2. The van der Waals surface area contributed by atoms with Crippen molar-refractivity contribution in [2.45, 2.75) is 39.8 Å². The summed E-state index contributed by atoms with van der Waals surface area (Å²) in [6.45, 7) is 5.54. The summed E-state index contributed by atoms with van der Waals surface area (Å²) in [7, 11) is 0. The van der Waals surface area contributed by atoms with Crippen molar-refractivity contribution in [1.82, 2.24) is 9.55 Å². The summed E-state index contributed by atoms with van der Waals surface area (Å²) in [5, 5.41) is 10.4. The van der Waals surface area contributed by atoms with Gasteiger partial charge < -0.3 is 9.67 Å². The summed E-state index contributed by atoms with van der Waals surface area (Å²) in [6.07, 6.45) is 6.21. The molecule has 3 heteroatoms. The van der Waals surface area contributed by atoms with Crippen LogP contribution in [0.4, 0.5) is 0 Å². The number of hydrogen-bond donors (Lipinski definition) is 1. The molecule has 0 fully saturated rings. The van der Waals surface area contributed by atoms with Crippen LogP contribution in [0.3, 0.4) is 0 Å². The van der Waals surface area contributed by atoms with E-state index in [1.54, 1.807) is 0 Å². The van der Waals surface area contributed by atoms with Gasteiger partial charge in [0.15, 0.2) is 0 Å². The molecule has 2 aromatic rings. The van der Waals surface area contributed by atoms with Gasteiger partial charge in [-0.1, -0.05) is 13.8 Å². The van der Waals surface area contributed by atoms with Crippen molar-refractivity contribution >= 4 is 11.0 Å². The zero-order valence-electron chi connectivity index (χ0n) is 10.6. The largest absolute Gasteiger partial charge is 0.392 e. The second kappa shape index (κ2) is 5.32. The molecule has 2 heterocycles. The number of aliphatic hydroxyl groups excluding tert-OH is 1. The number of nitrogens with zero attached hydrogens (tertiary/aromatic N) is 2. The molecule has 0 unspecified atom stereocenters. The standard InChI is InChI=1S/C14H20N2O/c1-11(2)5-4-8-16-9-12(10-17)13-6-3-7-15-14(13)16/h3,6-7,9,11,17H,4-5,8,10H2,1-2H3. The Balaban J connectivity index is 2.22. The summed E-state index contributed by atoms with van der Waals surface area (Å²) in [5.41, 5.74) is 1.96. The van der Waals surface area contributed by atoms with Crippen molar-refractivity contribution in [1.29, 1.82) is 0 Å². The summed E-state index contributed by atoms with van der Waals surface area (Å²) in [6, 6.07) is 3.94. The zero-order valence-corrected chi connectivity index (χ0v) is 10.6. The molecule has 92 valence electrons. The van der Waals surface area contributed by atoms with Crippen molar-refractivity contribution in [2.24, 2.45) is 5.92 Å². The summed E-state index contributed by atoms with van der Waals surface area (Å²) < 4.78 is 2.16. The summed E-state index contributed by atoms with van der Waals surface area (Å²) >= 11 is 0. The maximum Gasteiger partial charge on any atom is 0.140 e. The lowest BCUT2D eigenvalue weighted by Gasteiger charge is -2.06. The first-order valence-electron chi connectivity index (χ1n) is 6.26. The molecule has 0 aliphatic carbocycles. The smallest absolute Gasteiger partial charge is 0.140 e. The molecule has 1 N–H and O–H groups in total. The van der Waals surface area contributed by atoms with Crippen LogP contribution in [0.5, 0.6) is 0 Å². The molecule has 0 spiro atoms. The molecule has 3 nitrogen and oxygen atoms in total. The van der Waals surface area contributed by atoms with E-state index in [1.165, 1.54) is 6.42 Å². The van der Waals surface area contributed by atoms with Gasteiger partial charge in [0.1, 0.15) is 5.65 Å². The van der Waals surface area contributed by atoms with Gasteiger partial charge in [0.05, 0.1) is 6.61 Å². The molecule has 0 aliphatic heterocycles. The van der Waals surface area contributed by atoms with E-state index in [9.17, 15) is 5.11 Å². The fourth-order valence-corrected chi connectivity index (χ4v) is 2.16. The van der Waals surface area contributed by atoms with Gasteiger partial charge >= 0.3 is 0 Å². The monoisotopic (exact) mass is 232 g/mol. The van der Waals surface area contributed by atoms with E-state index in [0.717, 1.165) is 35.5 Å². The topological polar surface area (TPSA) is 38.0 Å². The average molecular weight is 232 g/mol. The van der Waals surface area contributed by atoms with E-state index in [-0.39, 0.29) is 6.61 Å². The Morgan fingerprint density at radius 1 is 1.41 bits per heavy atom. The lowest BCUT2D eigenvalue weighted by Crippen LogP contribution is -1.99. The Hall–Kier alpha value is -1.35. The van der Waals surface area contributed by atoms with E-state index in [4.69, 9.17) is 0 Å². The lowest BCUT2D eigenvalue weighted by molar-refractivity contribution is 0.283. The minimum Gasteiger partial charge on any atom is -0.392 e. The van der Waals surface area contributed by atoms with E-state index in [0.29, 0.717) is 0 Å². The number of hydrogen-bond acceptors (Lipinski definition) is 2. The molecule has 0 aromatic carbocycles. The molecular formula is C14H20N2O. The van der Waals surface area contributed by atoms with Crippen molar-refractivity contribution in [3.8, 4) is 0 Å². The first kappa shape index (κ1) is 12.1. The Labute approximate surface area is 102 Å². The second-order valence-corrected chi connectivity index (χ2v) is 4.92. The SMILES string of the molecule is CC(C)CCCn1cc(CO)c2cccnc21. The second-order valence-electron chi connectivity index (χ2n) is 4.92. The van der Waals surface area contributed by atoms with Gasteiger partial charge in [0, 0.05) is 29.9 Å². The maximum atomic E-state index is 9.32. The third-order valence-corrected chi connectivity index (χ3v) is 3.07. The van der Waals surface area contributed by atoms with E-state index < -0.39 is 0 Å². The predicted molar refractivity (Wildman–Crippen MR) is 69.7 cm³/mol. The van der Waals surface area contributed by atoms with Crippen LogP contribution >= 0.6 is 0 Å². The third-order valence-electron chi connectivity index (χ3n) is 3.07. The van der Waals surface area contributed by atoms with Gasteiger partial charge in [-0.05, 0) is 30.9 Å². The third kappa shape index (κ3) is 2.67. The number of rotatable bonds is 5. The van der Waals surface area contributed by atoms with Crippen LogP contribution in [0.25, 0.3) is 11.0 Å². The summed E-state index contributed by atoms with van der Waals surface area (Å²) in [5.74, 6) is 0.738. The first-order chi connectivity index (χ1) is 8.22. The van der Waals surface area contributed by atoms with Crippen molar-refractivity contribution in [3.05, 3.63) is 30.1 Å². The zero-order chi connectivity index (χ0) is 12.3. The quantitative estimate of drug-likeness (QED) is 0.860. The Kier molecular flexibility index (Phi) is 3.79. The molecular weight excluding hydrogens is 212 g/mol. The van der Waals surface area contributed by atoms with E-state index in [2.05, 4.69) is 23.4 Å². The van der Waals surface area contributed by atoms with Crippen LogP contribution in [0.2, 0.25) is 0 Å². The van der Waals surface area contributed by atoms with Crippen LogP contribution in [0.15, 0.2) is 24.5 Å².